The van der Waals surface area contributed by atoms with Crippen molar-refractivity contribution in [3.63, 3.8) is 0 Å². The normalized spacial score (nSPS) is 12.5. The van der Waals surface area contributed by atoms with Crippen molar-refractivity contribution in [1.29, 1.82) is 0 Å². The highest BCUT2D eigenvalue weighted by Gasteiger charge is 2.40. The highest BCUT2D eigenvalue weighted by atomic mass is 35.5. The summed E-state index contributed by atoms with van der Waals surface area (Å²) in [5.41, 5.74) is -0.223. The van der Waals surface area contributed by atoms with Gasteiger partial charge in [-0.2, -0.15) is 0 Å². The van der Waals surface area contributed by atoms with Crippen LogP contribution in [0.1, 0.15) is 58.7 Å². The van der Waals surface area contributed by atoms with Gasteiger partial charge in [-0.15, -0.1) is 0 Å². The van der Waals surface area contributed by atoms with Crippen molar-refractivity contribution in [3.8, 4) is 5.75 Å². The molecule has 0 heterocycles. The average molecular weight is 504 g/mol. The molecule has 2 aromatic rings. The van der Waals surface area contributed by atoms with Gasteiger partial charge in [-0.1, -0.05) is 41.9 Å². The molecule has 0 aliphatic rings. The van der Waals surface area contributed by atoms with Crippen LogP contribution in [0.4, 0.5) is 10.5 Å². The van der Waals surface area contributed by atoms with Gasteiger partial charge in [0.05, 0.1) is 10.7 Å². The van der Waals surface area contributed by atoms with Crippen molar-refractivity contribution < 1.29 is 24.2 Å². The van der Waals surface area contributed by atoms with Crippen LogP contribution >= 0.6 is 11.6 Å². The molecule has 0 radical (unpaired) electrons. The first kappa shape index (κ1) is 28.0. The van der Waals surface area contributed by atoms with Gasteiger partial charge in [-0.25, -0.2) is 4.79 Å². The first-order valence-electron chi connectivity index (χ1n) is 11.2. The number of carbonyl (C=O) groups excluding carboxylic acids is 3. The number of benzene rings is 2. The van der Waals surface area contributed by atoms with Crippen molar-refractivity contribution in [2.24, 2.45) is 0 Å². The smallest absolute Gasteiger partial charge is 0.408 e. The lowest BCUT2D eigenvalue weighted by Crippen LogP contribution is -2.54. The Balaban J connectivity index is 2.48. The molecule has 0 fully saturated rings. The summed E-state index contributed by atoms with van der Waals surface area (Å²) in [5, 5.41) is 16.2. The summed E-state index contributed by atoms with van der Waals surface area (Å²) in [6.07, 6.45) is -0.755. The molecule has 190 valence electrons. The summed E-state index contributed by atoms with van der Waals surface area (Å²) in [6, 6.07) is 10.3. The lowest BCUT2D eigenvalue weighted by atomic mass is 9.95. The number of aryl methyl sites for hydroxylation is 1. The molecule has 9 heteroatoms. The molecule has 2 aromatic carbocycles. The standard InChI is InChI=1S/C26H34ClN3O5/c1-16-11-10-13-18(27)21(16)29-23(33)22(17-12-8-9-14-19(17)31)30(25(2,3)4)20(32)15-28-24(34)35-26(5,6)7/h8-14,22,31H,15H2,1-7H3,(H,28,34)(H,29,33). The molecule has 0 saturated carbocycles. The van der Waals surface area contributed by atoms with Gasteiger partial charge < -0.3 is 25.4 Å². The van der Waals surface area contributed by atoms with Gasteiger partial charge >= 0.3 is 6.09 Å². The number of nitrogens with one attached hydrogen (secondary N) is 2. The maximum Gasteiger partial charge on any atom is 0.408 e. The highest BCUT2D eigenvalue weighted by Crippen LogP contribution is 2.35. The molecule has 0 aliphatic heterocycles. The molecule has 0 spiro atoms. The number of nitrogens with zero attached hydrogens (tertiary/aromatic N) is 1. The molecule has 0 aromatic heterocycles. The second kappa shape index (κ2) is 11.0. The molecule has 1 unspecified atom stereocenters. The number of rotatable bonds is 6. The third-order valence-corrected chi connectivity index (χ3v) is 5.30. The Hall–Kier alpha value is -3.26. The Morgan fingerprint density at radius 2 is 1.66 bits per heavy atom. The Morgan fingerprint density at radius 1 is 1.03 bits per heavy atom. The van der Waals surface area contributed by atoms with E-state index in [1.807, 2.05) is 0 Å². The molecule has 2 rings (SSSR count). The largest absolute Gasteiger partial charge is 0.508 e. The van der Waals surface area contributed by atoms with Crippen molar-refractivity contribution in [2.75, 3.05) is 11.9 Å². The molecule has 35 heavy (non-hydrogen) atoms. The molecule has 0 bridgehead atoms. The van der Waals surface area contributed by atoms with Gasteiger partial charge in [0.2, 0.25) is 5.91 Å². The van der Waals surface area contributed by atoms with Gasteiger partial charge in [0.1, 0.15) is 23.9 Å². The van der Waals surface area contributed by atoms with E-state index in [1.54, 1.807) is 84.9 Å². The fourth-order valence-electron chi connectivity index (χ4n) is 3.55. The molecule has 3 amide bonds. The van der Waals surface area contributed by atoms with E-state index in [4.69, 9.17) is 16.3 Å². The second-order valence-corrected chi connectivity index (χ2v) is 10.6. The molecule has 0 aliphatic carbocycles. The Bertz CT molecular complexity index is 1070. The third-order valence-electron chi connectivity index (χ3n) is 4.98. The van der Waals surface area contributed by atoms with E-state index in [0.717, 1.165) is 5.56 Å². The molecular formula is C26H34ClN3O5. The van der Waals surface area contributed by atoms with Crippen LogP contribution in [-0.4, -0.2) is 45.6 Å². The highest BCUT2D eigenvalue weighted by molar-refractivity contribution is 6.34. The fraction of sp³-hybridized carbons (Fsp3) is 0.423. The number of para-hydroxylation sites is 2. The number of alkyl carbamates (subject to hydrolysis) is 1. The summed E-state index contributed by atoms with van der Waals surface area (Å²) in [5.74, 6) is -1.25. The number of phenolic OH excluding ortho intramolecular Hbond substituents is 1. The van der Waals surface area contributed by atoms with E-state index < -0.39 is 41.6 Å². The van der Waals surface area contributed by atoms with Crippen LogP contribution in [0, 0.1) is 6.92 Å². The summed E-state index contributed by atoms with van der Waals surface area (Å²) < 4.78 is 5.22. The van der Waals surface area contributed by atoms with Crippen LogP contribution in [0.2, 0.25) is 5.02 Å². The van der Waals surface area contributed by atoms with Gasteiger partial charge in [0.25, 0.3) is 5.91 Å². The van der Waals surface area contributed by atoms with Crippen LogP contribution in [0.15, 0.2) is 42.5 Å². The predicted molar refractivity (Wildman–Crippen MR) is 137 cm³/mol. The van der Waals surface area contributed by atoms with E-state index in [-0.39, 0.29) is 11.3 Å². The predicted octanol–water partition coefficient (Wildman–Crippen LogP) is 5.19. The van der Waals surface area contributed by atoms with Crippen molar-refractivity contribution in [1.82, 2.24) is 10.2 Å². The zero-order valence-electron chi connectivity index (χ0n) is 21.2. The van der Waals surface area contributed by atoms with Gasteiger partial charge in [-0.05, 0) is 66.2 Å². The van der Waals surface area contributed by atoms with Crippen LogP contribution in [0.5, 0.6) is 5.75 Å². The topological polar surface area (TPSA) is 108 Å². The summed E-state index contributed by atoms with van der Waals surface area (Å²) in [4.78, 5) is 40.6. The summed E-state index contributed by atoms with van der Waals surface area (Å²) >= 11 is 6.32. The van der Waals surface area contributed by atoms with Crippen molar-refractivity contribution in [3.05, 3.63) is 58.6 Å². The van der Waals surface area contributed by atoms with Gasteiger partial charge in [-0.3, -0.25) is 9.59 Å². The lowest BCUT2D eigenvalue weighted by Gasteiger charge is -2.41. The first-order chi connectivity index (χ1) is 16.1. The van der Waals surface area contributed by atoms with Crippen LogP contribution < -0.4 is 10.6 Å². The van der Waals surface area contributed by atoms with Gasteiger partial charge in [0, 0.05) is 11.1 Å². The average Bonchev–Trinajstić information content (AvgIpc) is 2.71. The van der Waals surface area contributed by atoms with Crippen molar-refractivity contribution in [2.45, 2.75) is 65.6 Å². The Labute approximate surface area is 211 Å². The fourth-order valence-corrected chi connectivity index (χ4v) is 3.82. The third kappa shape index (κ3) is 7.62. The Morgan fingerprint density at radius 3 is 2.20 bits per heavy atom. The number of hydrogen-bond acceptors (Lipinski definition) is 5. The number of carbonyl (C=O) groups is 3. The minimum absolute atomic E-state index is 0.148. The number of aromatic hydroxyl groups is 1. The Kier molecular flexibility index (Phi) is 8.79. The van der Waals surface area contributed by atoms with E-state index >= 15 is 0 Å². The van der Waals surface area contributed by atoms with E-state index in [0.29, 0.717) is 10.7 Å². The van der Waals surface area contributed by atoms with E-state index in [2.05, 4.69) is 10.6 Å². The van der Waals surface area contributed by atoms with E-state index in [9.17, 15) is 19.5 Å². The SMILES string of the molecule is Cc1cccc(Cl)c1NC(=O)C(c1ccccc1O)N(C(=O)CNC(=O)OC(C)(C)C)C(C)(C)C. The zero-order valence-corrected chi connectivity index (χ0v) is 22.0. The summed E-state index contributed by atoms with van der Waals surface area (Å²) in [6.45, 7) is 11.8. The molecule has 0 saturated heterocycles. The monoisotopic (exact) mass is 503 g/mol. The number of ether oxygens (including phenoxy) is 1. The number of phenols is 1. The molecule has 3 N–H and O–H groups in total. The lowest BCUT2D eigenvalue weighted by molar-refractivity contribution is -0.144. The minimum Gasteiger partial charge on any atom is -0.508 e. The van der Waals surface area contributed by atoms with Crippen molar-refractivity contribution >= 4 is 35.2 Å². The molecule has 1 atom stereocenters. The minimum atomic E-state index is -1.22. The number of anilines is 1. The summed E-state index contributed by atoms with van der Waals surface area (Å²) in [7, 11) is 0. The maximum absolute atomic E-state index is 13.7. The zero-order chi connectivity index (χ0) is 26.6. The number of amides is 3. The number of hydrogen-bond donors (Lipinski definition) is 3. The van der Waals surface area contributed by atoms with E-state index in [1.165, 1.54) is 11.0 Å². The number of halogens is 1. The quantitative estimate of drug-likeness (QED) is 0.503. The maximum atomic E-state index is 13.7. The molecule has 8 nitrogen and oxygen atoms in total. The van der Waals surface area contributed by atoms with Crippen LogP contribution in [0.25, 0.3) is 0 Å². The second-order valence-electron chi connectivity index (χ2n) is 10.2. The molecular weight excluding hydrogens is 470 g/mol. The van der Waals surface area contributed by atoms with Crippen LogP contribution in [-0.2, 0) is 14.3 Å². The first-order valence-corrected chi connectivity index (χ1v) is 11.6. The van der Waals surface area contributed by atoms with Crippen LogP contribution in [0.3, 0.4) is 0 Å². The van der Waals surface area contributed by atoms with Gasteiger partial charge in [0.15, 0.2) is 0 Å².